The smallest absolute Gasteiger partial charge is 0.338 e. The summed E-state index contributed by atoms with van der Waals surface area (Å²) in [5.74, 6) is -2.56. The first-order valence-corrected chi connectivity index (χ1v) is 10.6. The largest absolute Gasteiger partial charge is 0.423 e. The van der Waals surface area contributed by atoms with Crippen LogP contribution >= 0.6 is 0 Å². The van der Waals surface area contributed by atoms with Crippen molar-refractivity contribution in [3.05, 3.63) is 85.0 Å². The molecule has 0 fully saturated rings. The number of ether oxygens (including phenoxy) is 4. The van der Waals surface area contributed by atoms with E-state index in [4.69, 9.17) is 18.9 Å². The van der Waals surface area contributed by atoms with Crippen molar-refractivity contribution in [3.8, 4) is 34.1 Å². The molecule has 0 radical (unpaired) electrons. The summed E-state index contributed by atoms with van der Waals surface area (Å²) in [6.07, 6.45) is 0. The van der Waals surface area contributed by atoms with Gasteiger partial charge in [-0.05, 0) is 63.1 Å². The lowest BCUT2D eigenvalue weighted by Crippen LogP contribution is -2.11. The summed E-state index contributed by atoms with van der Waals surface area (Å²) in [4.78, 5) is 48.4. The molecule has 0 saturated heterocycles. The molecule has 2 rings (SSSR count). The van der Waals surface area contributed by atoms with Gasteiger partial charge in [0, 0.05) is 34.4 Å². The molecule has 0 N–H and O–H groups in total. The molecule has 0 aliphatic carbocycles. The van der Waals surface area contributed by atoms with Crippen LogP contribution in [0.3, 0.4) is 0 Å². The van der Waals surface area contributed by atoms with Crippen molar-refractivity contribution in [2.45, 2.75) is 27.7 Å². The summed E-state index contributed by atoms with van der Waals surface area (Å²) in [5.41, 5.74) is 1.39. The molecule has 0 bridgehead atoms. The van der Waals surface area contributed by atoms with Crippen LogP contribution in [0.1, 0.15) is 27.7 Å². The Bertz CT molecular complexity index is 1120. The predicted molar refractivity (Wildman–Crippen MR) is 134 cm³/mol. The zero-order valence-electron chi connectivity index (χ0n) is 20.6. The lowest BCUT2D eigenvalue weighted by atomic mass is 10.0. The summed E-state index contributed by atoms with van der Waals surface area (Å²) in [6, 6.07) is 8.65. The molecule has 36 heavy (non-hydrogen) atoms. The van der Waals surface area contributed by atoms with Crippen LogP contribution in [0.15, 0.2) is 85.0 Å². The molecule has 0 aliphatic rings. The average molecular weight is 491 g/mol. The summed E-state index contributed by atoms with van der Waals surface area (Å²) in [7, 11) is 0. The van der Waals surface area contributed by atoms with Gasteiger partial charge in [-0.3, -0.25) is 0 Å². The van der Waals surface area contributed by atoms with Gasteiger partial charge >= 0.3 is 23.9 Å². The normalized spacial score (nSPS) is 10.0. The summed E-state index contributed by atoms with van der Waals surface area (Å²) < 4.78 is 21.3. The van der Waals surface area contributed by atoms with Crippen molar-refractivity contribution in [3.63, 3.8) is 0 Å². The van der Waals surface area contributed by atoms with Gasteiger partial charge in [0.15, 0.2) is 0 Å². The van der Waals surface area contributed by atoms with Gasteiger partial charge in [0.2, 0.25) is 0 Å². The molecule has 0 atom stereocenters. The molecule has 8 heteroatoms. The van der Waals surface area contributed by atoms with Gasteiger partial charge < -0.3 is 18.9 Å². The lowest BCUT2D eigenvalue weighted by Gasteiger charge is -2.14. The second kappa shape index (κ2) is 11.6. The second-order valence-corrected chi connectivity index (χ2v) is 8.07. The van der Waals surface area contributed by atoms with Crippen LogP contribution < -0.4 is 18.9 Å². The first kappa shape index (κ1) is 27.5. The van der Waals surface area contributed by atoms with E-state index in [1.807, 2.05) is 0 Å². The Balaban J connectivity index is 2.66. The topological polar surface area (TPSA) is 105 Å². The van der Waals surface area contributed by atoms with E-state index in [1.54, 1.807) is 0 Å². The van der Waals surface area contributed by atoms with Crippen LogP contribution in [0.25, 0.3) is 11.1 Å². The van der Waals surface area contributed by atoms with E-state index in [0.717, 1.165) is 0 Å². The van der Waals surface area contributed by atoms with E-state index in [1.165, 1.54) is 64.1 Å². The molecule has 0 amide bonds. The van der Waals surface area contributed by atoms with Crippen molar-refractivity contribution in [1.29, 1.82) is 0 Å². The van der Waals surface area contributed by atoms with Gasteiger partial charge in [0.25, 0.3) is 0 Å². The van der Waals surface area contributed by atoms with E-state index >= 15 is 0 Å². The van der Waals surface area contributed by atoms with Crippen molar-refractivity contribution in [1.82, 2.24) is 0 Å². The average Bonchev–Trinajstić information content (AvgIpc) is 2.78. The van der Waals surface area contributed by atoms with Crippen LogP contribution in [0, 0.1) is 0 Å². The molecule has 8 nitrogen and oxygen atoms in total. The third kappa shape index (κ3) is 7.66. The monoisotopic (exact) mass is 490 g/mol. The number of rotatable bonds is 9. The highest BCUT2D eigenvalue weighted by Crippen LogP contribution is 2.35. The van der Waals surface area contributed by atoms with E-state index in [2.05, 4.69) is 26.3 Å². The van der Waals surface area contributed by atoms with Crippen molar-refractivity contribution in [2.24, 2.45) is 0 Å². The molecule has 0 aromatic heterocycles. The van der Waals surface area contributed by atoms with Gasteiger partial charge in [0.1, 0.15) is 23.0 Å². The van der Waals surface area contributed by atoms with Gasteiger partial charge in [-0.2, -0.15) is 0 Å². The maximum atomic E-state index is 12.1. The van der Waals surface area contributed by atoms with Crippen LogP contribution in [0.5, 0.6) is 23.0 Å². The van der Waals surface area contributed by atoms with Gasteiger partial charge in [-0.25, -0.2) is 19.2 Å². The van der Waals surface area contributed by atoms with Crippen LogP contribution in [-0.4, -0.2) is 23.9 Å². The standard InChI is InChI=1S/C28H26O8/c1-15(2)25(29)33-21-9-19(10-22(13-21)34-26(30)16(3)4)20-11-23(35-27(31)17(5)6)14-24(12-20)36-28(32)18(7)8/h9-14H,1,3,5,7H2,2,4,6,8H3. The molecule has 0 saturated carbocycles. The highest BCUT2D eigenvalue weighted by atomic mass is 16.6. The number of hydrogen-bond acceptors (Lipinski definition) is 8. The highest BCUT2D eigenvalue weighted by Gasteiger charge is 2.16. The lowest BCUT2D eigenvalue weighted by molar-refractivity contribution is -0.131. The summed E-state index contributed by atoms with van der Waals surface area (Å²) in [6.45, 7) is 20.1. The van der Waals surface area contributed by atoms with Crippen molar-refractivity contribution >= 4 is 23.9 Å². The summed E-state index contributed by atoms with van der Waals surface area (Å²) >= 11 is 0. The molecular formula is C28H26O8. The maximum Gasteiger partial charge on any atom is 0.338 e. The number of carbonyl (C=O) groups is 4. The van der Waals surface area contributed by atoms with E-state index < -0.39 is 23.9 Å². The Morgan fingerprint density at radius 3 is 0.806 bits per heavy atom. The number of carbonyl (C=O) groups excluding carboxylic acids is 4. The Kier molecular flexibility index (Phi) is 8.88. The molecule has 2 aromatic carbocycles. The summed E-state index contributed by atoms with van der Waals surface area (Å²) in [5, 5.41) is 0. The van der Waals surface area contributed by atoms with Gasteiger partial charge in [0.05, 0.1) is 0 Å². The van der Waals surface area contributed by atoms with Gasteiger partial charge in [-0.1, -0.05) is 26.3 Å². The van der Waals surface area contributed by atoms with Crippen molar-refractivity contribution < 1.29 is 38.1 Å². The fraction of sp³-hybridized carbons (Fsp3) is 0.143. The molecule has 0 spiro atoms. The van der Waals surface area contributed by atoms with Crippen molar-refractivity contribution in [2.75, 3.05) is 0 Å². The fourth-order valence-electron chi connectivity index (χ4n) is 2.49. The Morgan fingerprint density at radius 1 is 0.444 bits per heavy atom. The van der Waals surface area contributed by atoms with Crippen LogP contribution in [0.2, 0.25) is 0 Å². The Labute approximate surface area is 209 Å². The second-order valence-electron chi connectivity index (χ2n) is 8.07. The number of esters is 4. The van der Waals surface area contributed by atoms with E-state index in [0.29, 0.717) is 11.1 Å². The molecule has 186 valence electrons. The van der Waals surface area contributed by atoms with Crippen LogP contribution in [-0.2, 0) is 19.2 Å². The first-order chi connectivity index (χ1) is 16.8. The number of benzene rings is 2. The zero-order valence-corrected chi connectivity index (χ0v) is 20.6. The fourth-order valence-corrected chi connectivity index (χ4v) is 2.49. The minimum Gasteiger partial charge on any atom is -0.423 e. The highest BCUT2D eigenvalue weighted by molar-refractivity contribution is 5.92. The molecular weight excluding hydrogens is 464 g/mol. The zero-order chi connectivity index (χ0) is 27.2. The van der Waals surface area contributed by atoms with Gasteiger partial charge in [-0.15, -0.1) is 0 Å². The Morgan fingerprint density at radius 2 is 0.639 bits per heavy atom. The minimum atomic E-state index is -0.690. The molecule has 0 unspecified atom stereocenters. The number of hydrogen-bond donors (Lipinski definition) is 0. The Hall–Kier alpha value is -4.72. The SMILES string of the molecule is C=C(C)C(=O)Oc1cc(OC(=O)C(=C)C)cc(-c2cc(OC(=O)C(=C)C)cc(OC(=O)C(=C)C)c2)c1. The molecule has 2 aromatic rings. The maximum absolute atomic E-state index is 12.1. The third-order valence-corrected chi connectivity index (χ3v) is 4.33. The third-order valence-electron chi connectivity index (χ3n) is 4.33. The molecule has 0 aliphatic heterocycles. The quantitative estimate of drug-likeness (QED) is 0.266. The minimum absolute atomic E-state index is 0.0508. The van der Waals surface area contributed by atoms with Crippen LogP contribution in [0.4, 0.5) is 0 Å². The first-order valence-electron chi connectivity index (χ1n) is 10.6. The predicted octanol–water partition coefficient (Wildman–Crippen LogP) is 5.28. The van der Waals surface area contributed by atoms with E-state index in [9.17, 15) is 19.2 Å². The molecule has 0 heterocycles. The van der Waals surface area contributed by atoms with E-state index in [-0.39, 0.29) is 45.3 Å².